The molecule has 0 unspecified atom stereocenters. The van der Waals surface area contributed by atoms with Gasteiger partial charge in [0.2, 0.25) is 0 Å². The normalized spacial score (nSPS) is 41.8. The average molecular weight is 222 g/mol. The predicted molar refractivity (Wildman–Crippen MR) is 50.4 cm³/mol. The Labute approximate surface area is 88.7 Å². The zero-order chi connectivity index (χ0) is 11.4. The van der Waals surface area contributed by atoms with Gasteiger partial charge in [0.05, 0.1) is 6.61 Å². The van der Waals surface area contributed by atoms with Crippen LogP contribution < -0.4 is 0 Å². The summed E-state index contributed by atoms with van der Waals surface area (Å²) in [6.07, 6.45) is -3.94. The fraction of sp³-hybridized carbons (Fsp3) is 1.00. The summed E-state index contributed by atoms with van der Waals surface area (Å²) in [5.74, 6) is 0. The van der Waals surface area contributed by atoms with Crippen LogP contribution in [0.5, 0.6) is 0 Å². The van der Waals surface area contributed by atoms with Gasteiger partial charge in [-0.05, 0) is 0 Å². The van der Waals surface area contributed by atoms with E-state index in [2.05, 4.69) is 0 Å². The van der Waals surface area contributed by atoms with Crippen LogP contribution in [0.25, 0.3) is 0 Å². The Morgan fingerprint density at radius 2 is 1.67 bits per heavy atom. The summed E-state index contributed by atoms with van der Waals surface area (Å²) in [5, 5.41) is 19.4. The standard InChI is InChI=1S/C9H18O6/c1-12-4-5-6(10)7(13-2)8(14-3)9(11)15-5/h5-11H,4H2,1-3H3/t5-,6+,7+,8-,9-/m1/s1. The van der Waals surface area contributed by atoms with Gasteiger partial charge in [-0.15, -0.1) is 0 Å². The summed E-state index contributed by atoms with van der Waals surface area (Å²) in [4.78, 5) is 0. The molecule has 2 N–H and O–H groups in total. The smallest absolute Gasteiger partial charge is 0.184 e. The number of methoxy groups -OCH3 is 3. The molecule has 6 heteroatoms. The van der Waals surface area contributed by atoms with Crippen molar-refractivity contribution in [1.82, 2.24) is 0 Å². The van der Waals surface area contributed by atoms with Gasteiger partial charge in [-0.25, -0.2) is 0 Å². The van der Waals surface area contributed by atoms with E-state index in [4.69, 9.17) is 18.9 Å². The average Bonchev–Trinajstić information content (AvgIpc) is 2.22. The third kappa shape index (κ3) is 2.66. The second-order valence-electron chi connectivity index (χ2n) is 3.41. The molecule has 0 aromatic rings. The molecule has 6 nitrogen and oxygen atoms in total. The quantitative estimate of drug-likeness (QED) is 0.618. The minimum Gasteiger partial charge on any atom is -0.387 e. The van der Waals surface area contributed by atoms with Crippen molar-refractivity contribution in [1.29, 1.82) is 0 Å². The van der Waals surface area contributed by atoms with E-state index in [1.807, 2.05) is 0 Å². The topological polar surface area (TPSA) is 77.4 Å². The van der Waals surface area contributed by atoms with Gasteiger partial charge in [-0.3, -0.25) is 0 Å². The highest BCUT2D eigenvalue weighted by Crippen LogP contribution is 2.23. The lowest BCUT2D eigenvalue weighted by atomic mass is 9.99. The first kappa shape index (κ1) is 12.8. The van der Waals surface area contributed by atoms with Crippen molar-refractivity contribution in [2.75, 3.05) is 27.9 Å². The predicted octanol–water partition coefficient (Wildman–Crippen LogP) is -1.26. The van der Waals surface area contributed by atoms with Crippen LogP contribution in [0.3, 0.4) is 0 Å². The van der Waals surface area contributed by atoms with Gasteiger partial charge in [0.1, 0.15) is 24.4 Å². The highest BCUT2D eigenvalue weighted by Gasteiger charge is 2.45. The van der Waals surface area contributed by atoms with Crippen LogP contribution in [-0.4, -0.2) is 68.9 Å². The third-order valence-electron chi connectivity index (χ3n) is 2.51. The maximum Gasteiger partial charge on any atom is 0.184 e. The lowest BCUT2D eigenvalue weighted by Gasteiger charge is -2.41. The molecule has 0 spiro atoms. The van der Waals surface area contributed by atoms with Crippen LogP contribution in [0, 0.1) is 0 Å². The molecule has 1 saturated heterocycles. The first-order chi connectivity index (χ1) is 7.15. The van der Waals surface area contributed by atoms with E-state index < -0.39 is 30.7 Å². The number of aliphatic hydroxyl groups is 2. The largest absolute Gasteiger partial charge is 0.387 e. The molecular weight excluding hydrogens is 204 g/mol. The highest BCUT2D eigenvalue weighted by molar-refractivity contribution is 4.90. The fourth-order valence-corrected chi connectivity index (χ4v) is 1.73. The van der Waals surface area contributed by atoms with E-state index >= 15 is 0 Å². The van der Waals surface area contributed by atoms with Crippen molar-refractivity contribution in [3.8, 4) is 0 Å². The Bertz CT molecular complexity index is 187. The molecule has 15 heavy (non-hydrogen) atoms. The van der Waals surface area contributed by atoms with Crippen LogP contribution in [-0.2, 0) is 18.9 Å². The Morgan fingerprint density at radius 1 is 1.07 bits per heavy atom. The monoisotopic (exact) mass is 222 g/mol. The molecule has 1 heterocycles. The third-order valence-corrected chi connectivity index (χ3v) is 2.51. The van der Waals surface area contributed by atoms with E-state index in [0.717, 1.165) is 0 Å². The highest BCUT2D eigenvalue weighted by atomic mass is 16.7. The van der Waals surface area contributed by atoms with Gasteiger partial charge in [-0.1, -0.05) is 0 Å². The summed E-state index contributed by atoms with van der Waals surface area (Å²) in [6.45, 7) is 0.189. The number of hydrogen-bond acceptors (Lipinski definition) is 6. The van der Waals surface area contributed by atoms with Crippen LogP contribution >= 0.6 is 0 Å². The number of aliphatic hydroxyl groups excluding tert-OH is 2. The fourth-order valence-electron chi connectivity index (χ4n) is 1.73. The van der Waals surface area contributed by atoms with E-state index in [-0.39, 0.29) is 6.61 Å². The maximum atomic E-state index is 9.86. The second kappa shape index (κ2) is 5.74. The van der Waals surface area contributed by atoms with Crippen LogP contribution in [0.4, 0.5) is 0 Å². The van der Waals surface area contributed by atoms with Crippen molar-refractivity contribution in [3.05, 3.63) is 0 Å². The molecular formula is C9H18O6. The summed E-state index contributed by atoms with van der Waals surface area (Å²) in [5.41, 5.74) is 0. The molecule has 0 aromatic carbocycles. The molecule has 0 amide bonds. The van der Waals surface area contributed by atoms with Crippen molar-refractivity contribution < 1.29 is 29.2 Å². The van der Waals surface area contributed by atoms with Gasteiger partial charge in [0.15, 0.2) is 6.29 Å². The number of hydrogen-bond donors (Lipinski definition) is 2. The molecule has 0 aliphatic carbocycles. The zero-order valence-electron chi connectivity index (χ0n) is 9.12. The molecule has 0 bridgehead atoms. The van der Waals surface area contributed by atoms with E-state index in [1.165, 1.54) is 21.3 Å². The lowest BCUT2D eigenvalue weighted by Crippen LogP contribution is -2.59. The Hall–Kier alpha value is -0.240. The first-order valence-electron chi connectivity index (χ1n) is 4.71. The molecule has 1 fully saturated rings. The minimum atomic E-state index is -1.12. The molecule has 1 aliphatic rings. The SMILES string of the molecule is COC[C@H]1O[C@@H](O)[C@H](OC)[C@@H](OC)[C@H]1O. The van der Waals surface area contributed by atoms with Crippen molar-refractivity contribution in [3.63, 3.8) is 0 Å². The molecule has 1 rings (SSSR count). The van der Waals surface area contributed by atoms with Gasteiger partial charge < -0.3 is 29.2 Å². The van der Waals surface area contributed by atoms with Crippen molar-refractivity contribution in [2.24, 2.45) is 0 Å². The Balaban J connectivity index is 2.70. The maximum absolute atomic E-state index is 9.86. The molecule has 0 aromatic heterocycles. The summed E-state index contributed by atoms with van der Waals surface area (Å²) >= 11 is 0. The lowest BCUT2D eigenvalue weighted by molar-refractivity contribution is -0.296. The second-order valence-corrected chi connectivity index (χ2v) is 3.41. The summed E-state index contributed by atoms with van der Waals surface area (Å²) in [6, 6.07) is 0. The van der Waals surface area contributed by atoms with Crippen molar-refractivity contribution in [2.45, 2.75) is 30.7 Å². The van der Waals surface area contributed by atoms with Gasteiger partial charge in [0.25, 0.3) is 0 Å². The molecule has 0 radical (unpaired) electrons. The van der Waals surface area contributed by atoms with E-state index in [0.29, 0.717) is 0 Å². The van der Waals surface area contributed by atoms with E-state index in [1.54, 1.807) is 0 Å². The summed E-state index contributed by atoms with van der Waals surface area (Å²) < 4.78 is 20.1. The van der Waals surface area contributed by atoms with E-state index in [9.17, 15) is 10.2 Å². The Morgan fingerprint density at radius 3 is 2.13 bits per heavy atom. The van der Waals surface area contributed by atoms with Gasteiger partial charge in [0, 0.05) is 21.3 Å². The van der Waals surface area contributed by atoms with Crippen LogP contribution in [0.2, 0.25) is 0 Å². The number of rotatable bonds is 4. The molecule has 5 atom stereocenters. The summed E-state index contributed by atoms with van der Waals surface area (Å²) in [7, 11) is 4.36. The number of ether oxygens (including phenoxy) is 4. The van der Waals surface area contributed by atoms with Gasteiger partial charge >= 0.3 is 0 Å². The first-order valence-corrected chi connectivity index (χ1v) is 4.71. The molecule has 0 saturated carbocycles. The van der Waals surface area contributed by atoms with Crippen LogP contribution in [0.15, 0.2) is 0 Å². The van der Waals surface area contributed by atoms with Crippen molar-refractivity contribution >= 4 is 0 Å². The zero-order valence-corrected chi connectivity index (χ0v) is 9.12. The molecule has 1 aliphatic heterocycles. The van der Waals surface area contributed by atoms with Crippen LogP contribution in [0.1, 0.15) is 0 Å². The molecule has 90 valence electrons. The Kier molecular flexibility index (Phi) is 4.91. The minimum absolute atomic E-state index is 0.189. The van der Waals surface area contributed by atoms with Gasteiger partial charge in [-0.2, -0.15) is 0 Å².